The number of carbonyl (C=O) groups is 2. The Labute approximate surface area is 156 Å². The third-order valence-electron chi connectivity index (χ3n) is 5.26. The van der Waals surface area contributed by atoms with E-state index in [1.165, 1.54) is 10.8 Å². The number of likely N-dealkylation sites (tertiary alicyclic amines) is 1. The van der Waals surface area contributed by atoms with Gasteiger partial charge in [-0.2, -0.15) is 0 Å². The van der Waals surface area contributed by atoms with Crippen LogP contribution in [0.15, 0.2) is 35.3 Å². The third kappa shape index (κ3) is 3.57. The van der Waals surface area contributed by atoms with Gasteiger partial charge in [0.15, 0.2) is 0 Å². The second-order valence-corrected chi connectivity index (χ2v) is 6.96. The number of ether oxygens (including phenoxy) is 1. The number of nitrogens with one attached hydrogen (secondary N) is 1. The standard InChI is InChI=1S/C19H22N4O4/c24-17(12-23-16-4-2-1-3-14(16)20-11-18(23)25)21-15-5-8-22(19(15)26)13-6-9-27-10-7-13/h1-4,11,13,15H,5-10,12H2,(H,21,24). The summed E-state index contributed by atoms with van der Waals surface area (Å²) in [5.41, 5.74) is 0.902. The van der Waals surface area contributed by atoms with Gasteiger partial charge in [0.25, 0.3) is 5.56 Å². The zero-order valence-electron chi connectivity index (χ0n) is 15.0. The second kappa shape index (κ2) is 7.48. The highest BCUT2D eigenvalue weighted by Crippen LogP contribution is 2.21. The number of nitrogens with zero attached hydrogens (tertiary/aromatic N) is 3. The van der Waals surface area contributed by atoms with Crippen LogP contribution in [0.3, 0.4) is 0 Å². The number of rotatable bonds is 4. The molecule has 1 atom stereocenters. The fourth-order valence-electron chi connectivity index (χ4n) is 3.86. The van der Waals surface area contributed by atoms with Gasteiger partial charge in [-0.3, -0.25) is 19.0 Å². The van der Waals surface area contributed by atoms with E-state index in [-0.39, 0.29) is 30.0 Å². The molecular weight excluding hydrogens is 348 g/mol. The van der Waals surface area contributed by atoms with Crippen molar-refractivity contribution in [3.63, 3.8) is 0 Å². The molecule has 0 spiro atoms. The first-order chi connectivity index (χ1) is 13.1. The lowest BCUT2D eigenvalue weighted by atomic mass is 10.1. The number of para-hydroxylation sites is 2. The summed E-state index contributed by atoms with van der Waals surface area (Å²) >= 11 is 0. The van der Waals surface area contributed by atoms with Crippen molar-refractivity contribution in [2.45, 2.75) is 37.9 Å². The molecule has 2 fully saturated rings. The molecule has 1 unspecified atom stereocenters. The van der Waals surface area contributed by atoms with Crippen LogP contribution in [0, 0.1) is 0 Å². The molecule has 2 saturated heterocycles. The van der Waals surface area contributed by atoms with Crippen LogP contribution in [0.25, 0.3) is 11.0 Å². The first kappa shape index (κ1) is 17.7. The van der Waals surface area contributed by atoms with Gasteiger partial charge in [-0.1, -0.05) is 12.1 Å². The van der Waals surface area contributed by atoms with Crippen LogP contribution in [0.5, 0.6) is 0 Å². The minimum absolute atomic E-state index is 0.0396. The Hall–Kier alpha value is -2.74. The lowest BCUT2D eigenvalue weighted by Crippen LogP contribution is -2.47. The van der Waals surface area contributed by atoms with Crippen LogP contribution < -0.4 is 10.9 Å². The molecule has 2 aliphatic heterocycles. The van der Waals surface area contributed by atoms with Gasteiger partial charge in [-0.05, 0) is 31.4 Å². The van der Waals surface area contributed by atoms with Gasteiger partial charge in [0.05, 0.1) is 17.2 Å². The topological polar surface area (TPSA) is 93.5 Å². The summed E-state index contributed by atoms with van der Waals surface area (Å²) in [5, 5.41) is 2.80. The number of amides is 2. The Bertz CT molecular complexity index is 919. The SMILES string of the molecule is O=C(Cn1c(=O)cnc2ccccc21)NC1CCN(C2CCOCC2)C1=O. The van der Waals surface area contributed by atoms with Gasteiger partial charge in [-0.25, -0.2) is 4.98 Å². The monoisotopic (exact) mass is 370 g/mol. The molecule has 0 aliphatic carbocycles. The number of carbonyl (C=O) groups excluding carboxylic acids is 2. The summed E-state index contributed by atoms with van der Waals surface area (Å²) in [7, 11) is 0. The molecule has 2 aliphatic rings. The lowest BCUT2D eigenvalue weighted by Gasteiger charge is -2.31. The summed E-state index contributed by atoms with van der Waals surface area (Å²) < 4.78 is 6.74. The highest BCUT2D eigenvalue weighted by molar-refractivity contribution is 5.89. The second-order valence-electron chi connectivity index (χ2n) is 6.96. The van der Waals surface area contributed by atoms with Crippen LogP contribution in [-0.4, -0.2) is 58.1 Å². The van der Waals surface area contributed by atoms with Crippen LogP contribution in [0.4, 0.5) is 0 Å². The fraction of sp³-hybridized carbons (Fsp3) is 0.474. The van der Waals surface area contributed by atoms with Crippen LogP contribution in [0.1, 0.15) is 19.3 Å². The van der Waals surface area contributed by atoms with E-state index in [4.69, 9.17) is 4.74 Å². The predicted octanol–water partition coefficient (Wildman–Crippen LogP) is 0.293. The molecule has 0 saturated carbocycles. The van der Waals surface area contributed by atoms with Crippen molar-refractivity contribution < 1.29 is 14.3 Å². The van der Waals surface area contributed by atoms with E-state index in [2.05, 4.69) is 10.3 Å². The molecule has 2 amide bonds. The minimum atomic E-state index is -0.524. The molecule has 27 heavy (non-hydrogen) atoms. The maximum atomic E-state index is 12.7. The number of fused-ring (bicyclic) bond motifs is 1. The summed E-state index contributed by atoms with van der Waals surface area (Å²) in [5.74, 6) is -0.386. The molecule has 8 nitrogen and oxygen atoms in total. The maximum absolute atomic E-state index is 12.7. The van der Waals surface area contributed by atoms with Crippen molar-refractivity contribution in [1.82, 2.24) is 19.8 Å². The highest BCUT2D eigenvalue weighted by Gasteiger charge is 2.37. The molecule has 0 bridgehead atoms. The van der Waals surface area contributed by atoms with Gasteiger partial charge in [0.1, 0.15) is 12.6 Å². The van der Waals surface area contributed by atoms with Crippen molar-refractivity contribution in [3.05, 3.63) is 40.8 Å². The molecular formula is C19H22N4O4. The van der Waals surface area contributed by atoms with Crippen LogP contribution >= 0.6 is 0 Å². The van der Waals surface area contributed by atoms with Crippen molar-refractivity contribution >= 4 is 22.8 Å². The molecule has 1 aromatic heterocycles. The van der Waals surface area contributed by atoms with E-state index in [1.54, 1.807) is 18.2 Å². The molecule has 142 valence electrons. The van der Waals surface area contributed by atoms with E-state index in [0.717, 1.165) is 12.8 Å². The van der Waals surface area contributed by atoms with Crippen molar-refractivity contribution in [2.24, 2.45) is 0 Å². The van der Waals surface area contributed by atoms with Gasteiger partial charge in [0, 0.05) is 25.8 Å². The molecule has 3 heterocycles. The first-order valence-corrected chi connectivity index (χ1v) is 9.25. The van der Waals surface area contributed by atoms with E-state index in [0.29, 0.717) is 37.2 Å². The van der Waals surface area contributed by atoms with Crippen molar-refractivity contribution in [1.29, 1.82) is 0 Å². The smallest absolute Gasteiger partial charge is 0.269 e. The molecule has 0 radical (unpaired) electrons. The van der Waals surface area contributed by atoms with E-state index in [9.17, 15) is 14.4 Å². The van der Waals surface area contributed by atoms with Gasteiger partial charge in [-0.15, -0.1) is 0 Å². The minimum Gasteiger partial charge on any atom is -0.381 e. The Balaban J connectivity index is 1.44. The summed E-state index contributed by atoms with van der Waals surface area (Å²) in [6.07, 6.45) is 3.48. The highest BCUT2D eigenvalue weighted by atomic mass is 16.5. The lowest BCUT2D eigenvalue weighted by molar-refractivity contribution is -0.135. The zero-order valence-corrected chi connectivity index (χ0v) is 15.0. The number of hydrogen-bond donors (Lipinski definition) is 1. The van der Waals surface area contributed by atoms with E-state index >= 15 is 0 Å². The number of aromatic nitrogens is 2. The summed E-state index contributed by atoms with van der Waals surface area (Å²) in [6.45, 7) is 1.85. The number of benzene rings is 1. The Kier molecular flexibility index (Phi) is 4.89. The molecule has 4 rings (SSSR count). The predicted molar refractivity (Wildman–Crippen MR) is 98.1 cm³/mol. The quantitative estimate of drug-likeness (QED) is 0.835. The van der Waals surface area contributed by atoms with E-state index in [1.807, 2.05) is 11.0 Å². The van der Waals surface area contributed by atoms with Crippen LogP contribution in [-0.2, 0) is 20.9 Å². The molecule has 2 aromatic rings. The van der Waals surface area contributed by atoms with Gasteiger partial charge in [0.2, 0.25) is 11.8 Å². The average molecular weight is 370 g/mol. The summed E-state index contributed by atoms with van der Waals surface area (Å²) in [6, 6.07) is 6.83. The number of hydrogen-bond acceptors (Lipinski definition) is 5. The third-order valence-corrected chi connectivity index (χ3v) is 5.26. The maximum Gasteiger partial charge on any atom is 0.269 e. The molecule has 8 heteroatoms. The molecule has 1 N–H and O–H groups in total. The normalized spacial score (nSPS) is 21.0. The Morgan fingerprint density at radius 3 is 2.78 bits per heavy atom. The largest absolute Gasteiger partial charge is 0.381 e. The average Bonchev–Trinajstić information content (AvgIpc) is 3.05. The van der Waals surface area contributed by atoms with Crippen molar-refractivity contribution in [2.75, 3.05) is 19.8 Å². The van der Waals surface area contributed by atoms with Gasteiger partial charge >= 0.3 is 0 Å². The van der Waals surface area contributed by atoms with Crippen LogP contribution in [0.2, 0.25) is 0 Å². The Morgan fingerprint density at radius 1 is 1.19 bits per heavy atom. The fourth-order valence-corrected chi connectivity index (χ4v) is 3.86. The van der Waals surface area contributed by atoms with Crippen molar-refractivity contribution in [3.8, 4) is 0 Å². The van der Waals surface area contributed by atoms with Gasteiger partial charge < -0.3 is 15.0 Å². The summed E-state index contributed by atoms with van der Waals surface area (Å²) in [4.78, 5) is 43.3. The Morgan fingerprint density at radius 2 is 1.96 bits per heavy atom. The van der Waals surface area contributed by atoms with E-state index < -0.39 is 6.04 Å². The zero-order chi connectivity index (χ0) is 18.8. The first-order valence-electron chi connectivity index (χ1n) is 9.25. The molecule has 1 aromatic carbocycles.